The molecule has 0 N–H and O–H groups in total. The Morgan fingerprint density at radius 1 is 1.38 bits per heavy atom. The summed E-state index contributed by atoms with van der Waals surface area (Å²) in [6.45, 7) is 5.36. The van der Waals surface area contributed by atoms with Crippen LogP contribution in [0, 0.1) is 6.92 Å². The van der Waals surface area contributed by atoms with E-state index >= 15 is 0 Å². The van der Waals surface area contributed by atoms with E-state index in [-0.39, 0.29) is 11.8 Å². The average Bonchev–Trinajstić information content (AvgIpc) is 3.08. The number of halogens is 1. The van der Waals surface area contributed by atoms with E-state index in [2.05, 4.69) is 28.5 Å². The molecule has 1 saturated heterocycles. The Morgan fingerprint density at radius 2 is 2.19 bits per heavy atom. The van der Waals surface area contributed by atoms with Gasteiger partial charge < -0.3 is 14.4 Å². The summed E-state index contributed by atoms with van der Waals surface area (Å²) in [4.78, 5) is 21.7. The molecule has 0 saturated carbocycles. The summed E-state index contributed by atoms with van der Waals surface area (Å²) in [5.74, 6) is 1.48. The van der Waals surface area contributed by atoms with Crippen LogP contribution in [0.5, 0.6) is 0 Å². The fraction of sp³-hybridized carbons (Fsp3) is 0.500. The van der Waals surface area contributed by atoms with E-state index < -0.39 is 0 Å². The molecule has 1 aliphatic heterocycles. The summed E-state index contributed by atoms with van der Waals surface area (Å²) in [7, 11) is 4.15. The first kappa shape index (κ1) is 18.9. The highest BCUT2D eigenvalue weighted by Crippen LogP contribution is 2.27. The van der Waals surface area contributed by atoms with Gasteiger partial charge in [0.05, 0.1) is 0 Å². The van der Waals surface area contributed by atoms with Gasteiger partial charge in [0.2, 0.25) is 0 Å². The average molecular weight is 375 g/mol. The molecule has 1 atom stereocenters. The summed E-state index contributed by atoms with van der Waals surface area (Å²) in [5.41, 5.74) is 1.67. The van der Waals surface area contributed by atoms with Crippen LogP contribution in [0.2, 0.25) is 5.02 Å². The number of likely N-dealkylation sites (N-methyl/N-ethyl adjacent to an activating group) is 1. The van der Waals surface area contributed by atoms with E-state index in [1.54, 1.807) is 6.07 Å². The summed E-state index contributed by atoms with van der Waals surface area (Å²) in [6.07, 6.45) is 5.99. The number of aromatic nitrogens is 2. The lowest BCUT2D eigenvalue weighted by Gasteiger charge is -2.33. The monoisotopic (exact) mass is 374 g/mol. The molecule has 1 aromatic heterocycles. The Balaban J connectivity index is 1.73. The first-order valence-electron chi connectivity index (χ1n) is 9.17. The van der Waals surface area contributed by atoms with E-state index in [1.807, 2.05) is 36.4 Å². The predicted octanol–water partition coefficient (Wildman–Crippen LogP) is 3.43. The number of hydrogen-bond acceptors (Lipinski definition) is 3. The maximum absolute atomic E-state index is 13.0. The molecule has 1 amide bonds. The molecule has 1 aliphatic rings. The molecule has 0 aliphatic carbocycles. The lowest BCUT2D eigenvalue weighted by Crippen LogP contribution is -2.40. The zero-order valence-corrected chi connectivity index (χ0v) is 16.5. The van der Waals surface area contributed by atoms with Crippen LogP contribution in [-0.4, -0.2) is 59.0 Å². The van der Waals surface area contributed by atoms with Crippen LogP contribution < -0.4 is 0 Å². The zero-order valence-electron chi connectivity index (χ0n) is 15.8. The van der Waals surface area contributed by atoms with Gasteiger partial charge in [-0.25, -0.2) is 4.98 Å². The van der Waals surface area contributed by atoms with E-state index in [9.17, 15) is 4.79 Å². The quantitative estimate of drug-likeness (QED) is 0.805. The second-order valence-corrected chi connectivity index (χ2v) is 7.77. The summed E-state index contributed by atoms with van der Waals surface area (Å²) in [6, 6.07) is 5.48. The second-order valence-electron chi connectivity index (χ2n) is 7.33. The van der Waals surface area contributed by atoms with Crippen molar-refractivity contribution in [2.45, 2.75) is 32.2 Å². The Morgan fingerprint density at radius 3 is 2.92 bits per heavy atom. The Hall–Kier alpha value is -1.85. The normalized spacial score (nSPS) is 17.7. The molecule has 3 rings (SSSR count). The fourth-order valence-electron chi connectivity index (χ4n) is 3.59. The highest BCUT2D eigenvalue weighted by Gasteiger charge is 2.28. The summed E-state index contributed by atoms with van der Waals surface area (Å²) < 4.78 is 2.23. The van der Waals surface area contributed by atoms with Gasteiger partial charge in [0.25, 0.3) is 5.91 Å². The van der Waals surface area contributed by atoms with Gasteiger partial charge in [0, 0.05) is 55.1 Å². The van der Waals surface area contributed by atoms with Crippen LogP contribution in [0.1, 0.15) is 40.5 Å². The minimum atomic E-state index is 0.0928. The Labute approximate surface area is 160 Å². The highest BCUT2D eigenvalue weighted by molar-refractivity contribution is 6.30. The third kappa shape index (κ3) is 4.27. The van der Waals surface area contributed by atoms with Gasteiger partial charge in [0.1, 0.15) is 5.82 Å². The number of carbonyl (C=O) groups is 1. The van der Waals surface area contributed by atoms with Crippen molar-refractivity contribution >= 4 is 17.5 Å². The second kappa shape index (κ2) is 8.23. The van der Waals surface area contributed by atoms with Crippen LogP contribution in [0.4, 0.5) is 0 Å². The number of carbonyl (C=O) groups excluding carboxylic acids is 1. The molecule has 1 aromatic carbocycles. The van der Waals surface area contributed by atoms with Crippen molar-refractivity contribution in [1.29, 1.82) is 0 Å². The number of hydrogen-bond donors (Lipinski definition) is 0. The third-order valence-corrected chi connectivity index (χ3v) is 5.26. The Kier molecular flexibility index (Phi) is 5.99. The number of nitrogens with zero attached hydrogens (tertiary/aromatic N) is 4. The van der Waals surface area contributed by atoms with Gasteiger partial charge in [0.15, 0.2) is 0 Å². The molecule has 5 nitrogen and oxygen atoms in total. The third-order valence-electron chi connectivity index (χ3n) is 5.03. The van der Waals surface area contributed by atoms with Crippen molar-refractivity contribution < 1.29 is 4.79 Å². The lowest BCUT2D eigenvalue weighted by atomic mass is 9.96. The number of piperidine rings is 1. The minimum absolute atomic E-state index is 0.0928. The van der Waals surface area contributed by atoms with Gasteiger partial charge in [-0.15, -0.1) is 0 Å². The van der Waals surface area contributed by atoms with E-state index in [4.69, 9.17) is 11.6 Å². The smallest absolute Gasteiger partial charge is 0.254 e. The SMILES string of the molecule is Cc1cc(Cl)ccc1C(=O)N1CCC[C@@H](c2nccn2CCN(C)C)C1. The van der Waals surface area contributed by atoms with Crippen molar-refractivity contribution in [3.8, 4) is 0 Å². The lowest BCUT2D eigenvalue weighted by molar-refractivity contribution is 0.0702. The Bertz CT molecular complexity index is 771. The van der Waals surface area contributed by atoms with E-state index in [0.29, 0.717) is 5.02 Å². The van der Waals surface area contributed by atoms with Gasteiger partial charge in [-0.3, -0.25) is 4.79 Å². The topological polar surface area (TPSA) is 41.4 Å². The molecule has 1 fully saturated rings. The fourth-order valence-corrected chi connectivity index (χ4v) is 3.81. The molecule has 0 bridgehead atoms. The molecule has 0 spiro atoms. The van der Waals surface area contributed by atoms with Crippen LogP contribution in [0.3, 0.4) is 0 Å². The first-order valence-corrected chi connectivity index (χ1v) is 9.54. The molecule has 26 heavy (non-hydrogen) atoms. The standard InChI is InChI=1S/C20H27ClN4O/c1-15-13-17(21)6-7-18(15)20(26)25-9-4-5-16(14-25)19-22-8-10-24(19)12-11-23(2)3/h6-8,10,13,16H,4-5,9,11-12,14H2,1-3H3/t16-/m1/s1. The van der Waals surface area contributed by atoms with E-state index in [0.717, 1.165) is 56.0 Å². The van der Waals surface area contributed by atoms with Crippen molar-refractivity contribution in [2.24, 2.45) is 0 Å². The number of aryl methyl sites for hydroxylation is 1. The van der Waals surface area contributed by atoms with Crippen molar-refractivity contribution in [1.82, 2.24) is 19.4 Å². The maximum atomic E-state index is 13.0. The van der Waals surface area contributed by atoms with E-state index in [1.165, 1.54) is 0 Å². The largest absolute Gasteiger partial charge is 0.338 e. The number of benzene rings is 1. The molecule has 6 heteroatoms. The van der Waals surface area contributed by atoms with Crippen LogP contribution in [0.25, 0.3) is 0 Å². The molecule has 140 valence electrons. The maximum Gasteiger partial charge on any atom is 0.254 e. The van der Waals surface area contributed by atoms with Crippen LogP contribution in [0.15, 0.2) is 30.6 Å². The van der Waals surface area contributed by atoms with Crippen LogP contribution >= 0.6 is 11.6 Å². The van der Waals surface area contributed by atoms with Crippen LogP contribution in [-0.2, 0) is 6.54 Å². The van der Waals surface area contributed by atoms with Crippen molar-refractivity contribution in [3.05, 3.63) is 52.6 Å². The highest BCUT2D eigenvalue weighted by atomic mass is 35.5. The van der Waals surface area contributed by atoms with Crippen molar-refractivity contribution in [3.63, 3.8) is 0 Å². The molecule has 2 aromatic rings. The minimum Gasteiger partial charge on any atom is -0.338 e. The molecular weight excluding hydrogens is 348 g/mol. The van der Waals surface area contributed by atoms with Gasteiger partial charge in [-0.1, -0.05) is 11.6 Å². The molecule has 0 radical (unpaired) electrons. The number of rotatable bonds is 5. The number of likely N-dealkylation sites (tertiary alicyclic amines) is 1. The summed E-state index contributed by atoms with van der Waals surface area (Å²) >= 11 is 6.03. The van der Waals surface area contributed by atoms with Gasteiger partial charge >= 0.3 is 0 Å². The summed E-state index contributed by atoms with van der Waals surface area (Å²) in [5, 5.41) is 0.665. The van der Waals surface area contributed by atoms with Gasteiger partial charge in [-0.2, -0.15) is 0 Å². The number of amides is 1. The molecule has 2 heterocycles. The predicted molar refractivity (Wildman–Crippen MR) is 105 cm³/mol. The zero-order chi connectivity index (χ0) is 18.7. The van der Waals surface area contributed by atoms with Crippen molar-refractivity contribution in [2.75, 3.05) is 33.7 Å². The molecule has 0 unspecified atom stereocenters. The molecular formula is C20H27ClN4O. The first-order chi connectivity index (χ1) is 12.5. The van der Waals surface area contributed by atoms with Gasteiger partial charge in [-0.05, 0) is 57.6 Å². The number of imidazole rings is 1.